The number of nitrogens with zero attached hydrogens (tertiary/aromatic N) is 1. The van der Waals surface area contributed by atoms with Gasteiger partial charge in [0, 0.05) is 6.54 Å². The maximum absolute atomic E-state index is 12.5. The van der Waals surface area contributed by atoms with Crippen LogP contribution in [0.1, 0.15) is 32.3 Å². The van der Waals surface area contributed by atoms with Crippen LogP contribution in [0.15, 0.2) is 46.9 Å². The van der Waals surface area contributed by atoms with Crippen molar-refractivity contribution >= 4 is 46.2 Å². The van der Waals surface area contributed by atoms with E-state index in [2.05, 4.69) is 12.2 Å². The Bertz CT molecular complexity index is 711. The number of unbranched alkanes of at least 4 members (excludes halogenated alkanes) is 1. The molecule has 1 fully saturated rings. The van der Waals surface area contributed by atoms with E-state index in [1.165, 1.54) is 16.7 Å². The highest BCUT2D eigenvalue weighted by Crippen LogP contribution is 2.31. The minimum Gasteiger partial charge on any atom is -0.355 e. The first kappa shape index (κ1) is 19.4. The predicted octanol–water partition coefficient (Wildman–Crippen LogP) is 3.75. The summed E-state index contributed by atoms with van der Waals surface area (Å²) in [6.45, 7) is 4.60. The Kier molecular flexibility index (Phi) is 7.40. The van der Waals surface area contributed by atoms with Crippen LogP contribution in [0.5, 0.6) is 0 Å². The molecule has 1 aromatic rings. The lowest BCUT2D eigenvalue weighted by atomic mass is 10.1. The quantitative estimate of drug-likeness (QED) is 0.449. The van der Waals surface area contributed by atoms with E-state index in [4.69, 9.17) is 12.2 Å². The second kappa shape index (κ2) is 9.53. The molecule has 25 heavy (non-hydrogen) atoms. The van der Waals surface area contributed by atoms with Crippen LogP contribution in [-0.4, -0.2) is 34.1 Å². The zero-order valence-electron chi connectivity index (χ0n) is 14.5. The molecule has 0 unspecified atom stereocenters. The summed E-state index contributed by atoms with van der Waals surface area (Å²) in [7, 11) is 0. The largest absolute Gasteiger partial charge is 0.355 e. The smallest absolute Gasteiger partial charge is 0.266 e. The lowest BCUT2D eigenvalue weighted by molar-refractivity contribution is -0.128. The maximum atomic E-state index is 12.5. The van der Waals surface area contributed by atoms with Gasteiger partial charge in [-0.3, -0.25) is 14.5 Å². The van der Waals surface area contributed by atoms with Crippen molar-refractivity contribution < 1.29 is 9.59 Å². The van der Waals surface area contributed by atoms with Gasteiger partial charge >= 0.3 is 0 Å². The zero-order chi connectivity index (χ0) is 18.2. The molecule has 0 bridgehead atoms. The molecule has 1 saturated heterocycles. The van der Waals surface area contributed by atoms with E-state index in [-0.39, 0.29) is 18.4 Å². The fourth-order valence-electron chi connectivity index (χ4n) is 2.30. The molecule has 132 valence electrons. The molecule has 0 aromatic heterocycles. The Labute approximate surface area is 158 Å². The molecule has 0 atom stereocenters. The van der Waals surface area contributed by atoms with E-state index in [9.17, 15) is 9.59 Å². The Morgan fingerprint density at radius 2 is 2.04 bits per heavy atom. The van der Waals surface area contributed by atoms with Crippen molar-refractivity contribution in [3.63, 3.8) is 0 Å². The third-order valence-electron chi connectivity index (χ3n) is 3.58. The second-order valence-electron chi connectivity index (χ2n) is 5.77. The minimum atomic E-state index is -0.207. The standard InChI is InChI=1S/C19H22N2O2S2/c1-3-4-10-20-17(22)13-21-18(23)16(25-19(21)24)12-14(2)11-15-8-6-5-7-9-15/h5-9,11-12H,3-4,10,13H2,1-2H3,(H,20,22)/b14-11+,16-12-. The maximum Gasteiger partial charge on any atom is 0.266 e. The SMILES string of the molecule is CCCCNC(=O)CN1C(=O)/C(=C/C(C)=C/c2ccccc2)SC1=S. The summed E-state index contributed by atoms with van der Waals surface area (Å²) in [6, 6.07) is 9.90. The summed E-state index contributed by atoms with van der Waals surface area (Å²) in [5.74, 6) is -0.385. The first-order valence-corrected chi connectivity index (χ1v) is 9.49. The van der Waals surface area contributed by atoms with Gasteiger partial charge in [-0.05, 0) is 30.6 Å². The fraction of sp³-hybridized carbons (Fsp3) is 0.316. The van der Waals surface area contributed by atoms with Crippen LogP contribution in [0, 0.1) is 0 Å². The van der Waals surface area contributed by atoms with Crippen molar-refractivity contribution in [2.45, 2.75) is 26.7 Å². The molecule has 0 radical (unpaired) electrons. The first-order valence-electron chi connectivity index (χ1n) is 8.26. The number of thioether (sulfide) groups is 1. The van der Waals surface area contributed by atoms with E-state index >= 15 is 0 Å². The molecule has 2 rings (SSSR count). The molecule has 2 amide bonds. The van der Waals surface area contributed by atoms with Gasteiger partial charge in [0.2, 0.25) is 5.91 Å². The van der Waals surface area contributed by atoms with Crippen molar-refractivity contribution in [3.8, 4) is 0 Å². The van der Waals surface area contributed by atoms with Crippen LogP contribution in [-0.2, 0) is 9.59 Å². The average molecular weight is 375 g/mol. The number of hydrogen-bond donors (Lipinski definition) is 1. The summed E-state index contributed by atoms with van der Waals surface area (Å²) in [6.07, 6.45) is 5.76. The van der Waals surface area contributed by atoms with Crippen LogP contribution < -0.4 is 5.32 Å². The first-order chi connectivity index (χ1) is 12.0. The van der Waals surface area contributed by atoms with Gasteiger partial charge in [0.05, 0.1) is 4.91 Å². The molecule has 0 saturated carbocycles. The zero-order valence-corrected chi connectivity index (χ0v) is 16.1. The Morgan fingerprint density at radius 3 is 2.72 bits per heavy atom. The van der Waals surface area contributed by atoms with E-state index in [1.54, 1.807) is 0 Å². The third kappa shape index (κ3) is 5.83. The minimum absolute atomic E-state index is 0.0207. The van der Waals surface area contributed by atoms with Crippen LogP contribution in [0.3, 0.4) is 0 Å². The topological polar surface area (TPSA) is 49.4 Å². The van der Waals surface area contributed by atoms with Gasteiger partial charge in [-0.1, -0.05) is 73.7 Å². The van der Waals surface area contributed by atoms with Crippen molar-refractivity contribution in [2.75, 3.05) is 13.1 Å². The summed E-state index contributed by atoms with van der Waals surface area (Å²) in [4.78, 5) is 26.4. The van der Waals surface area contributed by atoms with Crippen molar-refractivity contribution in [3.05, 3.63) is 52.4 Å². The lowest BCUT2D eigenvalue weighted by Gasteiger charge is -2.13. The number of nitrogens with one attached hydrogen (secondary N) is 1. The Morgan fingerprint density at radius 1 is 1.32 bits per heavy atom. The van der Waals surface area contributed by atoms with Crippen molar-refractivity contribution in [1.82, 2.24) is 10.2 Å². The van der Waals surface area contributed by atoms with Gasteiger partial charge in [-0.15, -0.1) is 0 Å². The molecular formula is C19H22N2O2S2. The molecule has 0 spiro atoms. The molecule has 0 aliphatic carbocycles. The summed E-state index contributed by atoms with van der Waals surface area (Å²) < 4.78 is 0.425. The van der Waals surface area contributed by atoms with Crippen molar-refractivity contribution in [1.29, 1.82) is 0 Å². The number of rotatable bonds is 7. The molecule has 1 N–H and O–H groups in total. The third-order valence-corrected chi connectivity index (χ3v) is 4.96. The molecule has 1 aliphatic heterocycles. The van der Waals surface area contributed by atoms with Crippen LogP contribution >= 0.6 is 24.0 Å². The van der Waals surface area contributed by atoms with Crippen molar-refractivity contribution in [2.24, 2.45) is 0 Å². The molecule has 6 heteroatoms. The van der Waals surface area contributed by atoms with Gasteiger partial charge in [-0.25, -0.2) is 0 Å². The monoisotopic (exact) mass is 374 g/mol. The van der Waals surface area contributed by atoms with Gasteiger partial charge in [0.1, 0.15) is 10.9 Å². The molecule has 1 aromatic carbocycles. The fourth-order valence-corrected chi connectivity index (χ4v) is 3.61. The van der Waals surface area contributed by atoms with E-state index in [0.29, 0.717) is 15.8 Å². The van der Waals surface area contributed by atoms with E-state index < -0.39 is 0 Å². The molecule has 4 nitrogen and oxygen atoms in total. The average Bonchev–Trinajstić information content (AvgIpc) is 2.83. The van der Waals surface area contributed by atoms with Crippen LogP contribution in [0.2, 0.25) is 0 Å². The summed E-state index contributed by atoms with van der Waals surface area (Å²) >= 11 is 6.50. The highest BCUT2D eigenvalue weighted by atomic mass is 32.2. The number of benzene rings is 1. The summed E-state index contributed by atoms with van der Waals surface area (Å²) in [5, 5.41) is 2.81. The van der Waals surface area contributed by atoms with Crippen LogP contribution in [0.4, 0.5) is 0 Å². The summed E-state index contributed by atoms with van der Waals surface area (Å²) in [5.41, 5.74) is 2.03. The van der Waals surface area contributed by atoms with Gasteiger partial charge in [0.25, 0.3) is 5.91 Å². The van der Waals surface area contributed by atoms with Gasteiger partial charge in [0.15, 0.2) is 0 Å². The van der Waals surface area contributed by atoms with E-state index in [0.717, 1.165) is 24.0 Å². The number of amides is 2. The van der Waals surface area contributed by atoms with Crippen LogP contribution in [0.25, 0.3) is 6.08 Å². The second-order valence-corrected chi connectivity index (χ2v) is 7.45. The Balaban J connectivity index is 2.02. The van der Waals surface area contributed by atoms with Gasteiger partial charge in [-0.2, -0.15) is 0 Å². The molecule has 1 heterocycles. The normalized spacial score (nSPS) is 16.6. The lowest BCUT2D eigenvalue weighted by Crippen LogP contribution is -2.39. The van der Waals surface area contributed by atoms with E-state index in [1.807, 2.05) is 49.4 Å². The van der Waals surface area contributed by atoms with Gasteiger partial charge < -0.3 is 5.32 Å². The number of carbonyl (C=O) groups excluding carboxylic acids is 2. The highest BCUT2D eigenvalue weighted by Gasteiger charge is 2.33. The number of carbonyl (C=O) groups is 2. The number of allylic oxidation sites excluding steroid dienone is 2. The number of thiocarbonyl (C=S) groups is 1. The predicted molar refractivity (Wildman–Crippen MR) is 108 cm³/mol. The molecular weight excluding hydrogens is 352 g/mol. The molecule has 1 aliphatic rings. The number of hydrogen-bond acceptors (Lipinski definition) is 4. The highest BCUT2D eigenvalue weighted by molar-refractivity contribution is 8.26. The Hall–Kier alpha value is -1.92.